The summed E-state index contributed by atoms with van der Waals surface area (Å²) < 4.78 is 0. The van der Waals surface area contributed by atoms with Gasteiger partial charge >= 0.3 is 0 Å². The Labute approximate surface area is 116 Å². The van der Waals surface area contributed by atoms with Crippen molar-refractivity contribution in [2.24, 2.45) is 0 Å². The first kappa shape index (κ1) is 15.5. The number of amides is 1. The molecule has 1 aromatic carbocycles. The summed E-state index contributed by atoms with van der Waals surface area (Å²) in [6.45, 7) is 4.40. The zero-order valence-electron chi connectivity index (χ0n) is 12.4. The number of nitrogens with one attached hydrogen (secondary N) is 1. The second-order valence-electron chi connectivity index (χ2n) is 4.95. The first-order valence-corrected chi connectivity index (χ1v) is 6.76. The lowest BCUT2D eigenvalue weighted by molar-refractivity contribution is -0.127. The lowest BCUT2D eigenvalue weighted by Crippen LogP contribution is -2.35. The molecule has 0 fully saturated rings. The van der Waals surface area contributed by atoms with Crippen LogP contribution in [0.4, 0.5) is 5.69 Å². The van der Waals surface area contributed by atoms with Gasteiger partial charge in [-0.3, -0.25) is 4.79 Å². The number of carbonyl (C=O) groups excluding carboxylic acids is 1. The number of benzene rings is 1. The van der Waals surface area contributed by atoms with E-state index in [1.807, 2.05) is 24.1 Å². The van der Waals surface area contributed by atoms with Gasteiger partial charge in [0, 0.05) is 33.4 Å². The molecular formula is C15H25N3O. The molecule has 0 bridgehead atoms. The number of rotatable bonds is 7. The van der Waals surface area contributed by atoms with E-state index in [0.29, 0.717) is 6.54 Å². The van der Waals surface area contributed by atoms with Crippen LogP contribution in [-0.4, -0.2) is 45.0 Å². The van der Waals surface area contributed by atoms with Crippen molar-refractivity contribution in [1.29, 1.82) is 0 Å². The third kappa shape index (κ3) is 4.91. The van der Waals surface area contributed by atoms with Crippen molar-refractivity contribution in [3.63, 3.8) is 0 Å². The van der Waals surface area contributed by atoms with Gasteiger partial charge in [0.05, 0.1) is 6.54 Å². The molecule has 0 radical (unpaired) electrons. The standard InChI is InChI=1S/C15H25N3O/c1-5-10-16-11-13-8-6-7-9-14(13)18(4)12-15(19)17(2)3/h6-9,16H,5,10-12H2,1-4H3. The van der Waals surface area contributed by atoms with Crippen molar-refractivity contribution in [3.05, 3.63) is 29.8 Å². The van der Waals surface area contributed by atoms with Gasteiger partial charge in [0.1, 0.15) is 0 Å². The van der Waals surface area contributed by atoms with Gasteiger partial charge in [-0.1, -0.05) is 25.1 Å². The van der Waals surface area contributed by atoms with Gasteiger partial charge in [0.15, 0.2) is 0 Å². The largest absolute Gasteiger partial charge is 0.365 e. The summed E-state index contributed by atoms with van der Waals surface area (Å²) in [5, 5.41) is 3.40. The minimum absolute atomic E-state index is 0.110. The molecule has 0 aliphatic rings. The fraction of sp³-hybridized carbons (Fsp3) is 0.533. The number of likely N-dealkylation sites (N-methyl/N-ethyl adjacent to an activating group) is 2. The molecule has 0 atom stereocenters. The maximum Gasteiger partial charge on any atom is 0.241 e. The second kappa shape index (κ2) is 7.79. The third-order valence-corrected chi connectivity index (χ3v) is 3.02. The van der Waals surface area contributed by atoms with Crippen LogP contribution in [0.15, 0.2) is 24.3 Å². The van der Waals surface area contributed by atoms with Gasteiger partial charge in [0.2, 0.25) is 5.91 Å². The molecule has 0 aliphatic carbocycles. The molecule has 0 unspecified atom stereocenters. The Kier molecular flexibility index (Phi) is 6.36. The topological polar surface area (TPSA) is 35.6 Å². The van der Waals surface area contributed by atoms with Crippen molar-refractivity contribution < 1.29 is 4.79 Å². The molecule has 0 saturated carbocycles. The Morgan fingerprint density at radius 3 is 2.53 bits per heavy atom. The molecule has 0 spiro atoms. The fourth-order valence-corrected chi connectivity index (χ4v) is 1.86. The van der Waals surface area contributed by atoms with Crippen LogP contribution in [0.25, 0.3) is 0 Å². The zero-order valence-corrected chi connectivity index (χ0v) is 12.4. The van der Waals surface area contributed by atoms with Crippen LogP contribution in [0.1, 0.15) is 18.9 Å². The molecule has 4 nitrogen and oxygen atoms in total. The predicted octanol–water partition coefficient (Wildman–Crippen LogP) is 1.71. The molecule has 19 heavy (non-hydrogen) atoms. The highest BCUT2D eigenvalue weighted by molar-refractivity contribution is 5.81. The van der Waals surface area contributed by atoms with Gasteiger partial charge < -0.3 is 15.1 Å². The lowest BCUT2D eigenvalue weighted by atomic mass is 10.1. The Hall–Kier alpha value is -1.55. The van der Waals surface area contributed by atoms with Crippen LogP contribution >= 0.6 is 0 Å². The van der Waals surface area contributed by atoms with Crippen molar-refractivity contribution in [1.82, 2.24) is 10.2 Å². The maximum atomic E-state index is 11.8. The van der Waals surface area contributed by atoms with E-state index < -0.39 is 0 Å². The Morgan fingerprint density at radius 1 is 1.21 bits per heavy atom. The second-order valence-corrected chi connectivity index (χ2v) is 4.95. The summed E-state index contributed by atoms with van der Waals surface area (Å²) >= 11 is 0. The Balaban J connectivity index is 2.72. The third-order valence-electron chi connectivity index (χ3n) is 3.02. The average Bonchev–Trinajstić information content (AvgIpc) is 2.39. The van der Waals surface area contributed by atoms with Crippen molar-refractivity contribution >= 4 is 11.6 Å². The average molecular weight is 263 g/mol. The number of nitrogens with zero attached hydrogens (tertiary/aromatic N) is 2. The Morgan fingerprint density at radius 2 is 1.89 bits per heavy atom. The minimum Gasteiger partial charge on any atom is -0.365 e. The summed E-state index contributed by atoms with van der Waals surface area (Å²) in [6, 6.07) is 8.21. The van der Waals surface area contributed by atoms with E-state index in [0.717, 1.165) is 25.2 Å². The molecule has 0 heterocycles. The van der Waals surface area contributed by atoms with Crippen molar-refractivity contribution in [3.8, 4) is 0 Å². The lowest BCUT2D eigenvalue weighted by Gasteiger charge is -2.23. The molecule has 0 aliphatic heterocycles. The highest BCUT2D eigenvalue weighted by Crippen LogP contribution is 2.18. The van der Waals surface area contributed by atoms with E-state index >= 15 is 0 Å². The molecular weight excluding hydrogens is 238 g/mol. The van der Waals surface area contributed by atoms with E-state index in [1.165, 1.54) is 5.56 Å². The van der Waals surface area contributed by atoms with Crippen LogP contribution in [0.3, 0.4) is 0 Å². The van der Waals surface area contributed by atoms with Crippen LogP contribution in [0.5, 0.6) is 0 Å². The van der Waals surface area contributed by atoms with E-state index in [1.54, 1.807) is 19.0 Å². The van der Waals surface area contributed by atoms with Crippen LogP contribution < -0.4 is 10.2 Å². The monoisotopic (exact) mass is 263 g/mol. The highest BCUT2D eigenvalue weighted by atomic mass is 16.2. The quantitative estimate of drug-likeness (QED) is 0.761. The summed E-state index contributed by atoms with van der Waals surface area (Å²) in [4.78, 5) is 15.4. The smallest absolute Gasteiger partial charge is 0.241 e. The van der Waals surface area contributed by atoms with Crippen molar-refractivity contribution in [2.75, 3.05) is 39.1 Å². The van der Waals surface area contributed by atoms with E-state index in [9.17, 15) is 4.79 Å². The molecule has 106 valence electrons. The van der Waals surface area contributed by atoms with Gasteiger partial charge in [0.25, 0.3) is 0 Å². The number of anilines is 1. The van der Waals surface area contributed by atoms with Gasteiger partial charge in [-0.25, -0.2) is 0 Å². The van der Waals surface area contributed by atoms with Crippen LogP contribution in [0, 0.1) is 0 Å². The molecule has 1 N–H and O–H groups in total. The molecule has 0 aromatic heterocycles. The number of carbonyl (C=O) groups is 1. The van der Waals surface area contributed by atoms with Crippen LogP contribution in [-0.2, 0) is 11.3 Å². The minimum atomic E-state index is 0.110. The molecule has 0 saturated heterocycles. The number of hydrogen-bond donors (Lipinski definition) is 1. The van der Waals surface area contributed by atoms with Gasteiger partial charge in [-0.15, -0.1) is 0 Å². The summed E-state index contributed by atoms with van der Waals surface area (Å²) in [5.41, 5.74) is 2.34. The highest BCUT2D eigenvalue weighted by Gasteiger charge is 2.11. The van der Waals surface area contributed by atoms with Crippen molar-refractivity contribution in [2.45, 2.75) is 19.9 Å². The maximum absolute atomic E-state index is 11.8. The molecule has 1 rings (SSSR count). The van der Waals surface area contributed by atoms with Gasteiger partial charge in [-0.2, -0.15) is 0 Å². The first-order chi connectivity index (χ1) is 9.06. The van der Waals surface area contributed by atoms with Gasteiger partial charge in [-0.05, 0) is 24.6 Å². The summed E-state index contributed by atoms with van der Waals surface area (Å²) in [6.07, 6.45) is 1.12. The summed E-state index contributed by atoms with van der Waals surface area (Å²) in [7, 11) is 5.52. The normalized spacial score (nSPS) is 10.3. The summed E-state index contributed by atoms with van der Waals surface area (Å²) in [5.74, 6) is 0.110. The first-order valence-electron chi connectivity index (χ1n) is 6.76. The number of para-hydroxylation sites is 1. The predicted molar refractivity (Wildman–Crippen MR) is 80.4 cm³/mol. The molecule has 1 aromatic rings. The zero-order chi connectivity index (χ0) is 14.3. The van der Waals surface area contributed by atoms with Crippen LogP contribution in [0.2, 0.25) is 0 Å². The number of hydrogen-bond acceptors (Lipinski definition) is 3. The SMILES string of the molecule is CCCNCc1ccccc1N(C)CC(=O)N(C)C. The van der Waals surface area contributed by atoms with E-state index in [-0.39, 0.29) is 5.91 Å². The molecule has 4 heteroatoms. The Bertz CT molecular complexity index is 404. The molecule has 1 amide bonds. The van der Waals surface area contributed by atoms with E-state index in [2.05, 4.69) is 24.4 Å². The van der Waals surface area contributed by atoms with E-state index in [4.69, 9.17) is 0 Å². The fourth-order valence-electron chi connectivity index (χ4n) is 1.86.